The van der Waals surface area contributed by atoms with E-state index in [2.05, 4.69) is 45.9 Å². The molecule has 1 saturated heterocycles. The topological polar surface area (TPSA) is 67.2 Å². The Kier molecular flexibility index (Phi) is 6.57. The summed E-state index contributed by atoms with van der Waals surface area (Å²) in [6.07, 6.45) is 6.38. The SMILES string of the molecule is Cc1nn(C)c2ncc(C(=O)N3CCCN(Cc4ccncc4)CC3)c(SC(C)C)c12. The molecule has 0 aromatic carbocycles. The van der Waals surface area contributed by atoms with Crippen molar-refractivity contribution in [3.05, 3.63) is 47.5 Å². The van der Waals surface area contributed by atoms with Crippen LogP contribution in [0.3, 0.4) is 0 Å². The number of rotatable bonds is 5. The lowest BCUT2D eigenvalue weighted by atomic mass is 10.1. The van der Waals surface area contributed by atoms with Crippen molar-refractivity contribution in [2.45, 2.75) is 43.9 Å². The van der Waals surface area contributed by atoms with Crippen molar-refractivity contribution in [1.82, 2.24) is 29.5 Å². The highest BCUT2D eigenvalue weighted by molar-refractivity contribution is 8.00. The normalized spacial score (nSPS) is 15.6. The minimum Gasteiger partial charge on any atom is -0.337 e. The van der Waals surface area contributed by atoms with E-state index in [0.717, 1.165) is 60.8 Å². The molecule has 1 aliphatic rings. The fourth-order valence-electron chi connectivity index (χ4n) is 4.14. The van der Waals surface area contributed by atoms with E-state index in [1.54, 1.807) is 22.6 Å². The Morgan fingerprint density at radius 1 is 1.16 bits per heavy atom. The molecule has 0 spiro atoms. The van der Waals surface area contributed by atoms with E-state index >= 15 is 0 Å². The largest absolute Gasteiger partial charge is 0.337 e. The molecular formula is C23H30N6OS. The molecule has 7 nitrogen and oxygen atoms in total. The zero-order chi connectivity index (χ0) is 22.0. The standard InChI is InChI=1S/C23H30N6OS/c1-16(2)31-21-19(14-25-22-20(21)17(3)26-27(22)4)23(30)29-11-5-10-28(12-13-29)15-18-6-8-24-9-7-18/h6-9,14,16H,5,10-13,15H2,1-4H3. The van der Waals surface area contributed by atoms with Crippen LogP contribution in [0.4, 0.5) is 0 Å². The van der Waals surface area contributed by atoms with Crippen molar-refractivity contribution in [2.75, 3.05) is 26.2 Å². The van der Waals surface area contributed by atoms with Crippen LogP contribution >= 0.6 is 11.8 Å². The first kappa shape index (κ1) is 21.8. The van der Waals surface area contributed by atoms with Gasteiger partial charge in [0.2, 0.25) is 0 Å². The summed E-state index contributed by atoms with van der Waals surface area (Å²) in [6, 6.07) is 4.11. The van der Waals surface area contributed by atoms with Crippen LogP contribution in [0.1, 0.15) is 41.9 Å². The molecule has 0 bridgehead atoms. The molecule has 0 radical (unpaired) electrons. The molecule has 0 atom stereocenters. The average molecular weight is 439 g/mol. The van der Waals surface area contributed by atoms with Crippen molar-refractivity contribution in [3.8, 4) is 0 Å². The quantitative estimate of drug-likeness (QED) is 0.568. The van der Waals surface area contributed by atoms with Gasteiger partial charge in [0.1, 0.15) is 0 Å². The maximum absolute atomic E-state index is 13.6. The number of hydrogen-bond donors (Lipinski definition) is 0. The van der Waals surface area contributed by atoms with Gasteiger partial charge < -0.3 is 4.90 Å². The third-order valence-electron chi connectivity index (χ3n) is 5.59. The number of hydrogen-bond acceptors (Lipinski definition) is 6. The van der Waals surface area contributed by atoms with Gasteiger partial charge in [0.25, 0.3) is 5.91 Å². The van der Waals surface area contributed by atoms with Gasteiger partial charge in [0, 0.05) is 68.5 Å². The highest BCUT2D eigenvalue weighted by Gasteiger charge is 2.26. The molecule has 0 saturated carbocycles. The molecular weight excluding hydrogens is 408 g/mol. The summed E-state index contributed by atoms with van der Waals surface area (Å²) in [5, 5.41) is 5.90. The molecule has 164 valence electrons. The van der Waals surface area contributed by atoms with E-state index in [1.165, 1.54) is 5.56 Å². The number of aryl methyl sites for hydroxylation is 2. The van der Waals surface area contributed by atoms with Crippen LogP contribution in [0.5, 0.6) is 0 Å². The first-order chi connectivity index (χ1) is 14.9. The summed E-state index contributed by atoms with van der Waals surface area (Å²) in [7, 11) is 1.90. The van der Waals surface area contributed by atoms with Crippen molar-refractivity contribution in [3.63, 3.8) is 0 Å². The van der Waals surface area contributed by atoms with Crippen LogP contribution in [-0.4, -0.2) is 66.9 Å². The number of pyridine rings is 2. The Bertz CT molecular complexity index is 1060. The lowest BCUT2D eigenvalue weighted by molar-refractivity contribution is 0.0757. The first-order valence-corrected chi connectivity index (χ1v) is 11.7. The molecule has 4 heterocycles. The highest BCUT2D eigenvalue weighted by atomic mass is 32.2. The fraction of sp³-hybridized carbons (Fsp3) is 0.478. The van der Waals surface area contributed by atoms with Gasteiger partial charge in [-0.3, -0.25) is 19.4 Å². The maximum atomic E-state index is 13.6. The van der Waals surface area contributed by atoms with Crippen LogP contribution in [-0.2, 0) is 13.6 Å². The van der Waals surface area contributed by atoms with Gasteiger partial charge in [-0.15, -0.1) is 11.8 Å². The summed E-state index contributed by atoms with van der Waals surface area (Å²) < 4.78 is 1.80. The molecule has 3 aromatic heterocycles. The predicted molar refractivity (Wildman–Crippen MR) is 124 cm³/mol. The number of amides is 1. The second-order valence-corrected chi connectivity index (χ2v) is 9.94. The average Bonchev–Trinajstić information content (AvgIpc) is 2.90. The van der Waals surface area contributed by atoms with Gasteiger partial charge in [0.15, 0.2) is 5.65 Å². The van der Waals surface area contributed by atoms with Crippen LogP contribution < -0.4 is 0 Å². The van der Waals surface area contributed by atoms with E-state index < -0.39 is 0 Å². The minimum absolute atomic E-state index is 0.0755. The smallest absolute Gasteiger partial charge is 0.256 e. The zero-order valence-electron chi connectivity index (χ0n) is 18.7. The Morgan fingerprint density at radius 2 is 1.94 bits per heavy atom. The zero-order valence-corrected chi connectivity index (χ0v) is 19.5. The van der Waals surface area contributed by atoms with Gasteiger partial charge >= 0.3 is 0 Å². The van der Waals surface area contributed by atoms with E-state index in [0.29, 0.717) is 10.8 Å². The van der Waals surface area contributed by atoms with Crippen molar-refractivity contribution in [2.24, 2.45) is 7.05 Å². The molecule has 0 N–H and O–H groups in total. The van der Waals surface area contributed by atoms with Gasteiger partial charge in [-0.05, 0) is 31.0 Å². The Morgan fingerprint density at radius 3 is 2.68 bits per heavy atom. The molecule has 1 amide bonds. The summed E-state index contributed by atoms with van der Waals surface area (Å²) in [5.74, 6) is 0.0755. The van der Waals surface area contributed by atoms with Crippen LogP contribution in [0, 0.1) is 6.92 Å². The Labute approximate surface area is 187 Å². The molecule has 4 rings (SSSR count). The Hall–Kier alpha value is -2.45. The van der Waals surface area contributed by atoms with Crippen LogP contribution in [0.2, 0.25) is 0 Å². The lowest BCUT2D eigenvalue weighted by Crippen LogP contribution is -2.35. The second kappa shape index (κ2) is 9.36. The number of carbonyl (C=O) groups is 1. The maximum Gasteiger partial charge on any atom is 0.256 e. The van der Waals surface area contributed by atoms with Crippen LogP contribution in [0.25, 0.3) is 11.0 Å². The summed E-state index contributed by atoms with van der Waals surface area (Å²) in [5.41, 5.74) is 3.70. The first-order valence-electron chi connectivity index (χ1n) is 10.8. The van der Waals surface area contributed by atoms with Gasteiger partial charge in [-0.2, -0.15) is 5.10 Å². The summed E-state index contributed by atoms with van der Waals surface area (Å²) in [4.78, 5) is 27.7. The number of aromatic nitrogens is 4. The van der Waals surface area contributed by atoms with Gasteiger partial charge in [-0.1, -0.05) is 13.8 Å². The van der Waals surface area contributed by atoms with E-state index in [-0.39, 0.29) is 5.91 Å². The van der Waals surface area contributed by atoms with E-state index in [1.807, 2.05) is 31.3 Å². The van der Waals surface area contributed by atoms with Gasteiger partial charge in [-0.25, -0.2) is 4.98 Å². The molecule has 1 fully saturated rings. The fourth-order valence-corrected chi connectivity index (χ4v) is 5.23. The lowest BCUT2D eigenvalue weighted by Gasteiger charge is -2.23. The van der Waals surface area contributed by atoms with Crippen LogP contribution in [0.15, 0.2) is 35.6 Å². The predicted octanol–water partition coefficient (Wildman–Crippen LogP) is 3.52. The number of fused-ring (bicyclic) bond motifs is 1. The number of nitrogens with zero attached hydrogens (tertiary/aromatic N) is 6. The minimum atomic E-state index is 0.0755. The Balaban J connectivity index is 1.57. The third kappa shape index (κ3) is 4.75. The van der Waals surface area contributed by atoms with Gasteiger partial charge in [0.05, 0.1) is 16.6 Å². The van der Waals surface area contributed by atoms with E-state index in [9.17, 15) is 4.79 Å². The molecule has 1 aliphatic heterocycles. The molecule has 3 aromatic rings. The summed E-state index contributed by atoms with van der Waals surface area (Å²) >= 11 is 1.72. The third-order valence-corrected chi connectivity index (χ3v) is 6.73. The summed E-state index contributed by atoms with van der Waals surface area (Å²) in [6.45, 7) is 10.5. The highest BCUT2D eigenvalue weighted by Crippen LogP contribution is 2.35. The molecule has 8 heteroatoms. The molecule has 31 heavy (non-hydrogen) atoms. The number of carbonyl (C=O) groups excluding carboxylic acids is 1. The second-order valence-electron chi connectivity index (χ2n) is 8.35. The number of thioether (sulfide) groups is 1. The van der Waals surface area contributed by atoms with E-state index in [4.69, 9.17) is 0 Å². The monoisotopic (exact) mass is 438 g/mol. The van der Waals surface area contributed by atoms with Crippen molar-refractivity contribution < 1.29 is 4.79 Å². The molecule has 0 unspecified atom stereocenters. The molecule has 0 aliphatic carbocycles. The van der Waals surface area contributed by atoms with Crippen molar-refractivity contribution >= 4 is 28.7 Å². The van der Waals surface area contributed by atoms with Crippen molar-refractivity contribution in [1.29, 1.82) is 0 Å².